The molecule has 0 bridgehead atoms. The SMILES string of the molecule is CC(CNS(=O)(=O)c1cc(F)cc(F)c1)Oc1ccccc1. The van der Waals surface area contributed by atoms with Crippen molar-refractivity contribution < 1.29 is 21.9 Å². The lowest BCUT2D eigenvalue weighted by molar-refractivity contribution is 0.225. The van der Waals surface area contributed by atoms with Crippen LogP contribution in [0, 0.1) is 11.6 Å². The summed E-state index contributed by atoms with van der Waals surface area (Å²) in [6.07, 6.45) is -0.449. The lowest BCUT2D eigenvalue weighted by Gasteiger charge is -2.15. The van der Waals surface area contributed by atoms with Crippen molar-refractivity contribution in [3.05, 3.63) is 60.2 Å². The van der Waals surface area contributed by atoms with Gasteiger partial charge in [-0.3, -0.25) is 0 Å². The Morgan fingerprint density at radius 3 is 2.27 bits per heavy atom. The smallest absolute Gasteiger partial charge is 0.240 e. The van der Waals surface area contributed by atoms with E-state index in [4.69, 9.17) is 4.74 Å². The van der Waals surface area contributed by atoms with Crippen molar-refractivity contribution >= 4 is 10.0 Å². The van der Waals surface area contributed by atoms with Crippen LogP contribution in [0.15, 0.2) is 53.4 Å². The maximum atomic E-state index is 13.1. The van der Waals surface area contributed by atoms with Crippen LogP contribution in [0.1, 0.15) is 6.92 Å². The summed E-state index contributed by atoms with van der Waals surface area (Å²) in [5.41, 5.74) is 0. The van der Waals surface area contributed by atoms with Gasteiger partial charge in [-0.2, -0.15) is 0 Å². The van der Waals surface area contributed by atoms with E-state index in [2.05, 4.69) is 4.72 Å². The van der Waals surface area contributed by atoms with Crippen LogP contribution in [0.3, 0.4) is 0 Å². The summed E-state index contributed by atoms with van der Waals surface area (Å²) in [6.45, 7) is 1.65. The first-order chi connectivity index (χ1) is 10.4. The van der Waals surface area contributed by atoms with E-state index in [1.807, 2.05) is 6.07 Å². The van der Waals surface area contributed by atoms with Crippen LogP contribution in [0.2, 0.25) is 0 Å². The van der Waals surface area contributed by atoms with Gasteiger partial charge >= 0.3 is 0 Å². The zero-order valence-corrected chi connectivity index (χ0v) is 12.6. The van der Waals surface area contributed by atoms with Crippen LogP contribution in [-0.4, -0.2) is 21.1 Å². The normalized spacial score (nSPS) is 12.9. The standard InChI is InChI=1S/C15H15F2NO3S/c1-11(21-14-5-3-2-4-6-14)10-18-22(19,20)15-8-12(16)7-13(17)9-15/h2-9,11,18H,10H2,1H3. The van der Waals surface area contributed by atoms with Gasteiger partial charge in [0.2, 0.25) is 10.0 Å². The van der Waals surface area contributed by atoms with E-state index in [9.17, 15) is 17.2 Å². The molecule has 0 aliphatic rings. The Labute approximate surface area is 127 Å². The predicted octanol–water partition coefficient (Wildman–Crippen LogP) is 2.71. The molecule has 0 spiro atoms. The van der Waals surface area contributed by atoms with Gasteiger partial charge in [-0.1, -0.05) is 18.2 Å². The minimum atomic E-state index is -4.00. The Hall–Kier alpha value is -1.99. The number of halogens is 2. The Kier molecular flexibility index (Phi) is 5.10. The van der Waals surface area contributed by atoms with Gasteiger partial charge < -0.3 is 4.74 Å². The Morgan fingerprint density at radius 1 is 1.09 bits per heavy atom. The van der Waals surface area contributed by atoms with Gasteiger partial charge in [0.05, 0.1) is 4.90 Å². The number of hydrogen-bond donors (Lipinski definition) is 1. The third kappa shape index (κ3) is 4.51. The summed E-state index contributed by atoms with van der Waals surface area (Å²) >= 11 is 0. The third-order valence-electron chi connectivity index (χ3n) is 2.79. The molecule has 0 aromatic heterocycles. The average molecular weight is 327 g/mol. The third-order valence-corrected chi connectivity index (χ3v) is 4.19. The molecular formula is C15H15F2NO3S. The van der Waals surface area contributed by atoms with E-state index in [-0.39, 0.29) is 6.54 Å². The molecule has 2 rings (SSSR count). The second kappa shape index (κ2) is 6.85. The molecule has 118 valence electrons. The molecule has 7 heteroatoms. The van der Waals surface area contributed by atoms with Crippen molar-refractivity contribution in [3.8, 4) is 5.75 Å². The van der Waals surface area contributed by atoms with Crippen molar-refractivity contribution in [3.63, 3.8) is 0 Å². The van der Waals surface area contributed by atoms with E-state index >= 15 is 0 Å². The number of nitrogens with one attached hydrogen (secondary N) is 1. The minimum absolute atomic E-state index is 0.0324. The zero-order chi connectivity index (χ0) is 16.2. The molecule has 4 nitrogen and oxygen atoms in total. The molecule has 0 saturated carbocycles. The molecule has 1 N–H and O–H groups in total. The second-order valence-corrected chi connectivity index (χ2v) is 6.47. The van der Waals surface area contributed by atoms with Crippen molar-refractivity contribution in [2.45, 2.75) is 17.9 Å². The molecule has 0 radical (unpaired) electrons. The lowest BCUT2D eigenvalue weighted by atomic mass is 10.3. The molecule has 0 aliphatic heterocycles. The highest BCUT2D eigenvalue weighted by molar-refractivity contribution is 7.89. The molecule has 0 aliphatic carbocycles. The lowest BCUT2D eigenvalue weighted by Crippen LogP contribution is -2.33. The van der Waals surface area contributed by atoms with E-state index < -0.39 is 32.7 Å². The minimum Gasteiger partial charge on any atom is -0.489 e. The van der Waals surface area contributed by atoms with Crippen LogP contribution < -0.4 is 9.46 Å². The van der Waals surface area contributed by atoms with E-state index in [0.717, 1.165) is 12.1 Å². The van der Waals surface area contributed by atoms with Gasteiger partial charge in [0.1, 0.15) is 23.5 Å². The molecule has 0 fully saturated rings. The summed E-state index contributed by atoms with van der Waals surface area (Å²) in [5.74, 6) is -1.30. The largest absolute Gasteiger partial charge is 0.489 e. The summed E-state index contributed by atoms with van der Waals surface area (Å²) < 4.78 is 57.9. The second-order valence-electron chi connectivity index (χ2n) is 4.70. The fraction of sp³-hybridized carbons (Fsp3) is 0.200. The highest BCUT2D eigenvalue weighted by atomic mass is 32.2. The van der Waals surface area contributed by atoms with E-state index in [1.54, 1.807) is 31.2 Å². The highest BCUT2D eigenvalue weighted by Gasteiger charge is 2.17. The van der Waals surface area contributed by atoms with Crippen LogP contribution >= 0.6 is 0 Å². The number of para-hydroxylation sites is 1. The number of hydrogen-bond acceptors (Lipinski definition) is 3. The van der Waals surface area contributed by atoms with Gasteiger partial charge in [-0.05, 0) is 31.2 Å². The summed E-state index contributed by atoms with van der Waals surface area (Å²) in [5, 5.41) is 0. The monoisotopic (exact) mass is 327 g/mol. The predicted molar refractivity (Wildman–Crippen MR) is 78.1 cm³/mol. The Morgan fingerprint density at radius 2 is 1.68 bits per heavy atom. The van der Waals surface area contributed by atoms with Crippen LogP contribution in [-0.2, 0) is 10.0 Å². The summed E-state index contributed by atoms with van der Waals surface area (Å²) in [6, 6.07) is 11.0. The maximum Gasteiger partial charge on any atom is 0.240 e. The van der Waals surface area contributed by atoms with Gasteiger partial charge in [-0.15, -0.1) is 0 Å². The fourth-order valence-electron chi connectivity index (χ4n) is 1.77. The number of benzene rings is 2. The zero-order valence-electron chi connectivity index (χ0n) is 11.8. The summed E-state index contributed by atoms with van der Waals surface area (Å²) in [7, 11) is -4.00. The van der Waals surface area contributed by atoms with Crippen LogP contribution in [0.5, 0.6) is 5.75 Å². The summed E-state index contributed by atoms with van der Waals surface area (Å²) in [4.78, 5) is -0.461. The first-order valence-corrected chi connectivity index (χ1v) is 8.02. The molecule has 0 saturated heterocycles. The molecule has 1 atom stereocenters. The van der Waals surface area contributed by atoms with Crippen LogP contribution in [0.25, 0.3) is 0 Å². The fourth-order valence-corrected chi connectivity index (χ4v) is 2.92. The topological polar surface area (TPSA) is 55.4 Å². The molecule has 2 aromatic carbocycles. The maximum absolute atomic E-state index is 13.1. The van der Waals surface area contributed by atoms with E-state index in [1.165, 1.54) is 0 Å². The highest BCUT2D eigenvalue weighted by Crippen LogP contribution is 2.14. The van der Waals surface area contributed by atoms with Crippen LogP contribution in [0.4, 0.5) is 8.78 Å². The molecule has 2 aromatic rings. The van der Waals surface area contributed by atoms with Gasteiger partial charge in [0.15, 0.2) is 0 Å². The first-order valence-electron chi connectivity index (χ1n) is 6.54. The number of sulfonamides is 1. The molecule has 0 heterocycles. The van der Waals surface area contributed by atoms with Gasteiger partial charge in [0, 0.05) is 12.6 Å². The van der Waals surface area contributed by atoms with Crippen molar-refractivity contribution in [2.75, 3.05) is 6.54 Å². The Balaban J connectivity index is 2.00. The quantitative estimate of drug-likeness (QED) is 0.887. The average Bonchev–Trinajstić information content (AvgIpc) is 2.45. The van der Waals surface area contributed by atoms with Crippen molar-refractivity contribution in [1.29, 1.82) is 0 Å². The molecule has 1 unspecified atom stereocenters. The van der Waals surface area contributed by atoms with Crippen molar-refractivity contribution in [1.82, 2.24) is 4.72 Å². The number of ether oxygens (including phenoxy) is 1. The molecule has 0 amide bonds. The molecule has 22 heavy (non-hydrogen) atoms. The van der Waals surface area contributed by atoms with E-state index in [0.29, 0.717) is 11.8 Å². The number of rotatable bonds is 6. The molecular weight excluding hydrogens is 312 g/mol. The van der Waals surface area contributed by atoms with Gasteiger partial charge in [-0.25, -0.2) is 21.9 Å². The Bertz CT molecular complexity index is 715. The van der Waals surface area contributed by atoms with Crippen molar-refractivity contribution in [2.24, 2.45) is 0 Å². The van der Waals surface area contributed by atoms with Gasteiger partial charge in [0.25, 0.3) is 0 Å². The first kappa shape index (κ1) is 16.4.